The Bertz CT molecular complexity index is 1050. The smallest absolute Gasteiger partial charge is 0.302 e. The highest BCUT2D eigenvalue weighted by atomic mass is 32.2. The number of hydrogen-bond acceptors (Lipinski definition) is 4. The number of rotatable bonds is 10. The number of hydrogen-bond donors (Lipinski definition) is 0. The van der Waals surface area contributed by atoms with Crippen molar-refractivity contribution in [1.82, 2.24) is 0 Å². The normalized spacial score (nSPS) is 18.1. The van der Waals surface area contributed by atoms with Gasteiger partial charge in [0.25, 0.3) is 0 Å². The average Bonchev–Trinajstić information content (AvgIpc) is 2.72. The standard InChI is InChI=1S/C29H42O4S/c1-21(17-19-33-25(5)30)10-8-11-23(3)20-27(28-24(4)12-9-18-29(28,6)7)34(31,32)26-15-13-22(2)14-16-26/h11,13-17,27H,8-10,12,18-20H2,1-7H3. The molecule has 0 fully saturated rings. The lowest BCUT2D eigenvalue weighted by molar-refractivity contribution is -0.139. The summed E-state index contributed by atoms with van der Waals surface area (Å²) in [4.78, 5) is 11.3. The molecule has 34 heavy (non-hydrogen) atoms. The van der Waals surface area contributed by atoms with Crippen molar-refractivity contribution >= 4 is 15.8 Å². The number of allylic oxidation sites excluding steroid dienone is 4. The van der Waals surface area contributed by atoms with Crippen LogP contribution in [0.3, 0.4) is 0 Å². The van der Waals surface area contributed by atoms with Crippen LogP contribution in [-0.4, -0.2) is 26.2 Å². The van der Waals surface area contributed by atoms with E-state index < -0.39 is 15.1 Å². The highest BCUT2D eigenvalue weighted by Crippen LogP contribution is 2.46. The predicted molar refractivity (Wildman–Crippen MR) is 140 cm³/mol. The number of ether oxygens (including phenoxy) is 1. The molecule has 2 rings (SSSR count). The maximum absolute atomic E-state index is 14.0. The van der Waals surface area contributed by atoms with Crippen molar-refractivity contribution in [2.24, 2.45) is 5.41 Å². The van der Waals surface area contributed by atoms with E-state index in [1.54, 1.807) is 12.1 Å². The lowest BCUT2D eigenvalue weighted by Gasteiger charge is -2.39. The first kappa shape index (κ1) is 28.1. The molecule has 0 saturated heterocycles. The van der Waals surface area contributed by atoms with Gasteiger partial charge >= 0.3 is 5.97 Å². The highest BCUT2D eigenvalue weighted by molar-refractivity contribution is 7.92. The first-order valence-corrected chi connectivity index (χ1v) is 13.8. The lowest BCUT2D eigenvalue weighted by Crippen LogP contribution is -2.34. The van der Waals surface area contributed by atoms with E-state index in [9.17, 15) is 13.2 Å². The second-order valence-electron chi connectivity index (χ2n) is 10.4. The SMILES string of the molecule is CC(=O)OCC=C(C)CCC=C(C)CC(C1=C(C)CCCC1(C)C)S(=O)(=O)c1ccc(C)cc1. The van der Waals surface area contributed by atoms with Gasteiger partial charge in [0.05, 0.1) is 10.1 Å². The molecular formula is C29H42O4S. The number of benzene rings is 1. The van der Waals surface area contributed by atoms with Crippen LogP contribution in [0.4, 0.5) is 0 Å². The van der Waals surface area contributed by atoms with Crippen LogP contribution in [0.25, 0.3) is 0 Å². The second kappa shape index (κ2) is 12.0. The van der Waals surface area contributed by atoms with Gasteiger partial charge in [-0.15, -0.1) is 0 Å². The Labute approximate surface area is 207 Å². The first-order chi connectivity index (χ1) is 15.8. The maximum atomic E-state index is 14.0. The quantitative estimate of drug-likeness (QED) is 0.257. The fraction of sp³-hybridized carbons (Fsp3) is 0.552. The molecule has 0 amide bonds. The van der Waals surface area contributed by atoms with Crippen molar-refractivity contribution in [3.63, 3.8) is 0 Å². The minimum Gasteiger partial charge on any atom is -0.462 e. The molecule has 0 bridgehead atoms. The largest absolute Gasteiger partial charge is 0.462 e. The Kier molecular flexibility index (Phi) is 9.93. The van der Waals surface area contributed by atoms with Crippen LogP contribution in [0.15, 0.2) is 63.6 Å². The number of carbonyl (C=O) groups is 1. The summed E-state index contributed by atoms with van der Waals surface area (Å²) in [6.45, 7) is 14.2. The second-order valence-corrected chi connectivity index (χ2v) is 12.6. The van der Waals surface area contributed by atoms with Crippen molar-refractivity contribution in [1.29, 1.82) is 0 Å². The topological polar surface area (TPSA) is 60.4 Å². The van der Waals surface area contributed by atoms with Crippen LogP contribution >= 0.6 is 0 Å². The van der Waals surface area contributed by atoms with Crippen molar-refractivity contribution in [3.05, 3.63) is 64.3 Å². The molecule has 0 radical (unpaired) electrons. The molecule has 4 nitrogen and oxygen atoms in total. The number of aryl methyl sites for hydroxylation is 1. The van der Waals surface area contributed by atoms with Crippen LogP contribution in [-0.2, 0) is 19.4 Å². The zero-order valence-electron chi connectivity index (χ0n) is 22.0. The molecule has 0 aromatic heterocycles. The van der Waals surface area contributed by atoms with Gasteiger partial charge in [0.1, 0.15) is 6.61 Å². The number of esters is 1. The minimum absolute atomic E-state index is 0.138. The minimum atomic E-state index is -3.54. The summed E-state index contributed by atoms with van der Waals surface area (Å²) in [6.07, 6.45) is 9.34. The van der Waals surface area contributed by atoms with Gasteiger partial charge in [-0.1, -0.05) is 54.3 Å². The summed E-state index contributed by atoms with van der Waals surface area (Å²) in [5.41, 5.74) is 5.49. The molecule has 188 valence electrons. The van der Waals surface area contributed by atoms with Crippen molar-refractivity contribution in [3.8, 4) is 0 Å². The van der Waals surface area contributed by atoms with Gasteiger partial charge in [-0.05, 0) is 95.4 Å². The summed E-state index contributed by atoms with van der Waals surface area (Å²) in [6, 6.07) is 7.26. The van der Waals surface area contributed by atoms with E-state index in [-0.39, 0.29) is 11.4 Å². The summed E-state index contributed by atoms with van der Waals surface area (Å²) < 4.78 is 32.9. The van der Waals surface area contributed by atoms with Gasteiger partial charge in [0, 0.05) is 6.92 Å². The van der Waals surface area contributed by atoms with Crippen molar-refractivity contribution in [2.75, 3.05) is 6.61 Å². The van der Waals surface area contributed by atoms with Crippen molar-refractivity contribution in [2.45, 2.75) is 97.1 Å². The molecule has 0 saturated carbocycles. The molecular weight excluding hydrogens is 444 g/mol. The highest BCUT2D eigenvalue weighted by Gasteiger charge is 2.40. The zero-order valence-corrected chi connectivity index (χ0v) is 22.8. The summed E-state index contributed by atoms with van der Waals surface area (Å²) >= 11 is 0. The Hall–Kier alpha value is -2.14. The molecule has 1 aromatic carbocycles. The molecule has 1 aliphatic rings. The third-order valence-corrected chi connectivity index (χ3v) is 8.93. The third kappa shape index (κ3) is 7.69. The van der Waals surface area contributed by atoms with E-state index >= 15 is 0 Å². The van der Waals surface area contributed by atoms with E-state index in [2.05, 4.69) is 26.8 Å². The Morgan fingerprint density at radius 2 is 1.71 bits per heavy atom. The number of carbonyl (C=O) groups excluding carboxylic acids is 1. The molecule has 1 atom stereocenters. The van der Waals surface area contributed by atoms with E-state index in [4.69, 9.17) is 4.74 Å². The van der Waals surface area contributed by atoms with Crippen LogP contribution in [0, 0.1) is 12.3 Å². The Balaban J connectivity index is 2.31. The van der Waals surface area contributed by atoms with Gasteiger partial charge in [0.2, 0.25) is 0 Å². The summed E-state index contributed by atoms with van der Waals surface area (Å²) in [5, 5.41) is -0.553. The van der Waals surface area contributed by atoms with Gasteiger partial charge in [-0.2, -0.15) is 0 Å². The van der Waals surface area contributed by atoms with Gasteiger partial charge in [-0.3, -0.25) is 4.79 Å². The van der Waals surface area contributed by atoms with Crippen molar-refractivity contribution < 1.29 is 17.9 Å². The van der Waals surface area contributed by atoms with Crippen LogP contribution < -0.4 is 0 Å². The average molecular weight is 487 g/mol. The van der Waals surface area contributed by atoms with E-state index in [1.165, 1.54) is 12.5 Å². The lowest BCUT2D eigenvalue weighted by atomic mass is 9.70. The molecule has 0 aliphatic heterocycles. The Morgan fingerprint density at radius 1 is 1.06 bits per heavy atom. The molecule has 1 unspecified atom stereocenters. The van der Waals surface area contributed by atoms with Crippen LogP contribution in [0.1, 0.15) is 85.6 Å². The molecule has 0 N–H and O–H groups in total. The summed E-state index contributed by atoms with van der Waals surface area (Å²) in [5.74, 6) is -0.282. The van der Waals surface area contributed by atoms with Gasteiger partial charge in [-0.25, -0.2) is 8.42 Å². The van der Waals surface area contributed by atoms with E-state index in [0.717, 1.165) is 54.4 Å². The van der Waals surface area contributed by atoms with Gasteiger partial charge < -0.3 is 4.74 Å². The van der Waals surface area contributed by atoms with Crippen LogP contribution in [0.5, 0.6) is 0 Å². The predicted octanol–water partition coefficient (Wildman–Crippen LogP) is 7.29. The van der Waals surface area contributed by atoms with Crippen LogP contribution in [0.2, 0.25) is 0 Å². The fourth-order valence-electron chi connectivity index (χ4n) is 4.94. The third-order valence-electron chi connectivity index (χ3n) is 6.85. The summed E-state index contributed by atoms with van der Waals surface area (Å²) in [7, 11) is -3.54. The number of sulfone groups is 1. The fourth-order valence-corrected chi connectivity index (χ4v) is 7.09. The van der Waals surface area contributed by atoms with E-state index in [1.807, 2.05) is 39.0 Å². The first-order valence-electron chi connectivity index (χ1n) is 12.3. The monoisotopic (exact) mass is 486 g/mol. The zero-order chi connectivity index (χ0) is 25.5. The molecule has 0 heterocycles. The van der Waals surface area contributed by atoms with Gasteiger partial charge in [0.15, 0.2) is 9.84 Å². The maximum Gasteiger partial charge on any atom is 0.302 e. The molecule has 0 spiro atoms. The molecule has 1 aromatic rings. The molecule has 5 heteroatoms. The Morgan fingerprint density at radius 3 is 2.29 bits per heavy atom. The molecule has 1 aliphatic carbocycles. The van der Waals surface area contributed by atoms with E-state index in [0.29, 0.717) is 17.9 Å².